The van der Waals surface area contributed by atoms with Gasteiger partial charge in [0.05, 0.1) is 38.3 Å². The van der Waals surface area contributed by atoms with E-state index in [2.05, 4.69) is 21.2 Å². The first kappa shape index (κ1) is 34.8. The van der Waals surface area contributed by atoms with Crippen LogP contribution in [0.3, 0.4) is 0 Å². The molecule has 2 saturated heterocycles. The fourth-order valence-corrected chi connectivity index (χ4v) is 8.14. The summed E-state index contributed by atoms with van der Waals surface area (Å²) in [5.74, 6) is -3.60. The Hall–Kier alpha value is -4.04. The molecule has 2 fully saturated rings. The van der Waals surface area contributed by atoms with Crippen LogP contribution in [0.5, 0.6) is 5.75 Å². The Kier molecular flexibility index (Phi) is 10.3. The second-order valence-corrected chi connectivity index (χ2v) is 13.6. The molecule has 260 valence electrons. The number of nitrogens with zero attached hydrogens (tertiary/aromatic N) is 2. The predicted molar refractivity (Wildman–Crippen MR) is 182 cm³/mol. The highest BCUT2D eigenvalue weighted by Gasteiger charge is 2.75. The van der Waals surface area contributed by atoms with E-state index >= 15 is 0 Å². The summed E-state index contributed by atoms with van der Waals surface area (Å²) < 4.78 is 24.2. The zero-order valence-electron chi connectivity index (χ0n) is 27.5. The zero-order chi connectivity index (χ0) is 34.9. The van der Waals surface area contributed by atoms with Crippen molar-refractivity contribution < 1.29 is 43.2 Å². The van der Waals surface area contributed by atoms with Gasteiger partial charge in [-0.3, -0.25) is 19.2 Å². The number of aliphatic hydroxyl groups is 1. The molecule has 0 aliphatic carbocycles. The Labute approximate surface area is 293 Å². The second kappa shape index (κ2) is 14.4. The summed E-state index contributed by atoms with van der Waals surface area (Å²) in [5, 5.41) is 13.3. The molecular formula is C36H40BrN3O9. The number of cyclic esters (lactones) is 1. The Bertz CT molecular complexity index is 1630. The Morgan fingerprint density at radius 1 is 1.02 bits per heavy atom. The van der Waals surface area contributed by atoms with E-state index in [1.54, 1.807) is 74.7 Å². The third-order valence-electron chi connectivity index (χ3n) is 9.68. The van der Waals surface area contributed by atoms with Crippen LogP contribution in [0, 0.1) is 11.8 Å². The summed E-state index contributed by atoms with van der Waals surface area (Å²) >= 11 is 3.57. The second-order valence-electron chi connectivity index (χ2n) is 12.7. The summed E-state index contributed by atoms with van der Waals surface area (Å²) in [6.07, 6.45) is 3.98. The lowest BCUT2D eigenvalue weighted by Crippen LogP contribution is -2.58. The molecule has 12 nitrogen and oxygen atoms in total. The Balaban J connectivity index is 1.48. The van der Waals surface area contributed by atoms with Crippen LogP contribution >= 0.6 is 15.9 Å². The molecule has 5 bridgehead atoms. The lowest BCUT2D eigenvalue weighted by molar-refractivity contribution is -0.162. The monoisotopic (exact) mass is 737 g/mol. The van der Waals surface area contributed by atoms with Crippen LogP contribution in [0.4, 0.5) is 5.69 Å². The number of aliphatic hydroxyl groups excluding tert-OH is 1. The molecule has 1 spiro atoms. The summed E-state index contributed by atoms with van der Waals surface area (Å²) in [6.45, 7) is 1.39. The standard InChI is InChI=1S/C36H40BrN3O9/c1-21(19-41)40-32-34(44)39(23-13-15-24(47-3)16-14-23)17-9-5-8-12-27(42)38-26(20-46-2)30(22-10-6-4-7-11-22)48-35(45)28-29(33(40)43)36(32)18-25(37)31(28)49-36/h4-7,9-11,13-16,18,21,26,28-32,41H,8,12,17,19-20H2,1-3H3,(H,38,42)/b9-5-/t21-,26-,28+,29-,30-,31+,32+,36-/m1/s1. The maximum atomic E-state index is 14.9. The fraction of sp³-hybridized carbons (Fsp3) is 0.444. The summed E-state index contributed by atoms with van der Waals surface area (Å²) in [4.78, 5) is 60.0. The van der Waals surface area contributed by atoms with E-state index < -0.39 is 72.2 Å². The van der Waals surface area contributed by atoms with Crippen molar-refractivity contribution >= 4 is 45.3 Å². The van der Waals surface area contributed by atoms with Crippen LogP contribution in [-0.4, -0.2) is 97.5 Å². The average Bonchev–Trinajstić information content (AvgIpc) is 3.71. The number of rotatable bonds is 7. The number of methoxy groups -OCH3 is 2. The molecule has 4 aliphatic heterocycles. The normalized spacial score (nSPS) is 31.6. The number of amides is 3. The smallest absolute Gasteiger partial charge is 0.313 e. The van der Waals surface area contributed by atoms with Crippen LogP contribution in [-0.2, 0) is 33.4 Å². The highest BCUT2D eigenvalue weighted by atomic mass is 79.9. The highest BCUT2D eigenvalue weighted by Crippen LogP contribution is 2.59. The average molecular weight is 739 g/mol. The van der Waals surface area contributed by atoms with Crippen molar-refractivity contribution in [3.8, 4) is 5.75 Å². The first-order valence-electron chi connectivity index (χ1n) is 16.3. The van der Waals surface area contributed by atoms with Gasteiger partial charge in [-0.15, -0.1) is 0 Å². The van der Waals surface area contributed by atoms with Crippen molar-refractivity contribution in [2.75, 3.05) is 38.9 Å². The van der Waals surface area contributed by atoms with Gasteiger partial charge in [0.15, 0.2) is 0 Å². The number of hydrogen-bond donors (Lipinski definition) is 2. The topological polar surface area (TPSA) is 144 Å². The minimum atomic E-state index is -1.53. The van der Waals surface area contributed by atoms with E-state index in [0.717, 1.165) is 0 Å². The fourth-order valence-electron chi connectivity index (χ4n) is 7.40. The molecule has 49 heavy (non-hydrogen) atoms. The molecule has 0 unspecified atom stereocenters. The number of ether oxygens (including phenoxy) is 4. The molecule has 6 rings (SSSR count). The minimum absolute atomic E-state index is 0.0457. The molecular weight excluding hydrogens is 698 g/mol. The van der Waals surface area contributed by atoms with Crippen molar-refractivity contribution in [3.63, 3.8) is 0 Å². The van der Waals surface area contributed by atoms with Crippen LogP contribution < -0.4 is 15.0 Å². The van der Waals surface area contributed by atoms with Crippen molar-refractivity contribution in [3.05, 3.63) is 82.9 Å². The molecule has 2 N–H and O–H groups in total. The predicted octanol–water partition coefficient (Wildman–Crippen LogP) is 3.05. The first-order valence-corrected chi connectivity index (χ1v) is 17.1. The van der Waals surface area contributed by atoms with Crippen molar-refractivity contribution in [1.82, 2.24) is 10.2 Å². The van der Waals surface area contributed by atoms with Gasteiger partial charge >= 0.3 is 5.97 Å². The van der Waals surface area contributed by atoms with E-state index in [0.29, 0.717) is 27.9 Å². The molecule has 0 aromatic heterocycles. The number of esters is 1. The number of halogens is 1. The molecule has 2 aromatic carbocycles. The number of fused-ring (bicyclic) bond motifs is 2. The van der Waals surface area contributed by atoms with E-state index in [9.17, 15) is 24.3 Å². The SMILES string of the molecule is COC[C@H]1NC(=O)CC/C=C\CN(c2ccc(OC)cc2)C(=O)[C@@H]2N([C@H](C)CO)C(=O)[C@H]3[C@H](C(=O)O[C@@H]1c1ccccc1)[C@H]1O[C@@]23C=C1Br. The van der Waals surface area contributed by atoms with Crippen molar-refractivity contribution in [2.45, 2.75) is 55.7 Å². The molecule has 0 saturated carbocycles. The van der Waals surface area contributed by atoms with E-state index in [4.69, 9.17) is 18.9 Å². The summed E-state index contributed by atoms with van der Waals surface area (Å²) in [6, 6.07) is 13.2. The van der Waals surface area contributed by atoms with Gasteiger partial charge in [-0.2, -0.15) is 0 Å². The first-order chi connectivity index (χ1) is 23.6. The summed E-state index contributed by atoms with van der Waals surface area (Å²) in [5.41, 5.74) is -0.370. The number of benzene rings is 2. The maximum Gasteiger partial charge on any atom is 0.313 e. The quantitative estimate of drug-likeness (QED) is 0.324. The number of anilines is 1. The van der Waals surface area contributed by atoms with Gasteiger partial charge in [-0.25, -0.2) is 0 Å². The molecule has 2 aromatic rings. The number of nitrogens with one attached hydrogen (secondary N) is 1. The van der Waals surface area contributed by atoms with Crippen LogP contribution in [0.15, 0.2) is 77.3 Å². The number of likely N-dealkylation sites (tertiary alicyclic amines) is 1. The molecule has 4 aliphatic rings. The molecule has 3 amide bonds. The summed E-state index contributed by atoms with van der Waals surface area (Å²) in [7, 11) is 3.04. The van der Waals surface area contributed by atoms with Gasteiger partial charge in [-0.05, 0) is 49.2 Å². The number of hydrogen-bond acceptors (Lipinski definition) is 9. The lowest BCUT2D eigenvalue weighted by Gasteiger charge is -2.37. The Morgan fingerprint density at radius 3 is 2.43 bits per heavy atom. The molecule has 0 radical (unpaired) electrons. The highest BCUT2D eigenvalue weighted by molar-refractivity contribution is 9.11. The number of carbonyl (C=O) groups excluding carboxylic acids is 4. The number of carbonyl (C=O) groups is 4. The van der Waals surface area contributed by atoms with Gasteiger partial charge in [-0.1, -0.05) is 58.4 Å². The largest absolute Gasteiger partial charge is 0.497 e. The van der Waals surface area contributed by atoms with E-state index in [1.807, 2.05) is 12.1 Å². The zero-order valence-corrected chi connectivity index (χ0v) is 29.1. The lowest BCUT2D eigenvalue weighted by atomic mass is 9.74. The van der Waals surface area contributed by atoms with Crippen LogP contribution in [0.25, 0.3) is 0 Å². The van der Waals surface area contributed by atoms with Gasteiger partial charge in [0.2, 0.25) is 11.8 Å². The molecule has 13 heteroatoms. The third kappa shape index (κ3) is 6.29. The van der Waals surface area contributed by atoms with Gasteiger partial charge in [0.25, 0.3) is 5.91 Å². The van der Waals surface area contributed by atoms with Crippen molar-refractivity contribution in [1.29, 1.82) is 0 Å². The van der Waals surface area contributed by atoms with Gasteiger partial charge < -0.3 is 39.2 Å². The van der Waals surface area contributed by atoms with Crippen LogP contribution in [0.2, 0.25) is 0 Å². The van der Waals surface area contributed by atoms with E-state index in [-0.39, 0.29) is 25.5 Å². The maximum absolute atomic E-state index is 14.9. The van der Waals surface area contributed by atoms with Gasteiger partial charge in [0, 0.05) is 30.2 Å². The van der Waals surface area contributed by atoms with Crippen molar-refractivity contribution in [2.24, 2.45) is 11.8 Å². The number of allylic oxidation sites excluding steroid dienone is 1. The van der Waals surface area contributed by atoms with Crippen LogP contribution in [0.1, 0.15) is 31.4 Å². The molecule has 4 heterocycles. The minimum Gasteiger partial charge on any atom is -0.497 e. The Morgan fingerprint density at radius 2 is 1.76 bits per heavy atom. The molecule has 8 atom stereocenters. The third-order valence-corrected chi connectivity index (χ3v) is 10.4. The van der Waals surface area contributed by atoms with E-state index in [1.165, 1.54) is 16.9 Å². The van der Waals surface area contributed by atoms with Gasteiger partial charge in [0.1, 0.15) is 35.5 Å².